The van der Waals surface area contributed by atoms with Crippen molar-refractivity contribution in [1.29, 1.82) is 0 Å². The van der Waals surface area contributed by atoms with Crippen molar-refractivity contribution in [2.24, 2.45) is 0 Å². The number of aryl methyl sites for hydroxylation is 4. The molecule has 0 aromatic heterocycles. The average Bonchev–Trinajstić information content (AvgIpc) is 3.60. The number of Topliss-reactive ketones (excluding diaryl/α,β-unsaturated/α-hetero) is 1. The first-order valence-electron chi connectivity index (χ1n) is 28.2. The Morgan fingerprint density at radius 2 is 0.704 bits per heavy atom. The number of hydrogen-bond donors (Lipinski definition) is 0. The standard InChI is InChI=1S/C74H66N2O5/c1-54(77)59-30-32-61(33-31-59)74(52-10-5-11-53-74)62-34-46-72(47-35-62)81-73(78)60-28-20-55(21-29-60)16-17-56-22-36-65(37-23-56)75(63-12-6-3-7-13-63)67-40-48-70(49-41-67)80-71-50-42-68(43-51-71)76(64-14-8-4-9-15-64)66-38-24-57(25-39-66)18-19-58-26-44-69(79-2)45-27-58/h3-4,6-9,12-15,20-51H,5,10-11,16-19,52-53H2,1-2H3. The summed E-state index contributed by atoms with van der Waals surface area (Å²) >= 11 is 0. The van der Waals surface area contributed by atoms with E-state index >= 15 is 0 Å². The van der Waals surface area contributed by atoms with Crippen LogP contribution in [0.1, 0.15) is 93.1 Å². The quantitative estimate of drug-likeness (QED) is 0.0428. The van der Waals surface area contributed by atoms with Gasteiger partial charge < -0.3 is 24.0 Å². The lowest BCUT2D eigenvalue weighted by Crippen LogP contribution is -2.30. The molecule has 1 saturated carbocycles. The van der Waals surface area contributed by atoms with Gasteiger partial charge in [-0.2, -0.15) is 0 Å². The fraction of sp³-hybridized carbons (Fsp3) is 0.162. The van der Waals surface area contributed by atoms with Crippen LogP contribution in [0.5, 0.6) is 23.0 Å². The van der Waals surface area contributed by atoms with Crippen LogP contribution in [0.25, 0.3) is 0 Å². The molecule has 0 atom stereocenters. The van der Waals surface area contributed by atoms with Crippen molar-refractivity contribution in [3.8, 4) is 23.0 Å². The van der Waals surface area contributed by atoms with Crippen molar-refractivity contribution < 1.29 is 23.8 Å². The number of ether oxygens (including phenoxy) is 3. The van der Waals surface area contributed by atoms with Gasteiger partial charge in [0.25, 0.3) is 0 Å². The van der Waals surface area contributed by atoms with Crippen LogP contribution in [0.2, 0.25) is 0 Å². The maximum Gasteiger partial charge on any atom is 0.343 e. The number of ketones is 1. The molecule has 0 N–H and O–H groups in total. The second-order valence-corrected chi connectivity index (χ2v) is 21.0. The average molecular weight is 1060 g/mol. The summed E-state index contributed by atoms with van der Waals surface area (Å²) in [6.07, 6.45) is 9.20. The highest BCUT2D eigenvalue weighted by molar-refractivity contribution is 5.94. The summed E-state index contributed by atoms with van der Waals surface area (Å²) in [6, 6.07) is 87.2. The van der Waals surface area contributed by atoms with Gasteiger partial charge in [-0.3, -0.25) is 4.79 Å². The molecule has 0 unspecified atom stereocenters. The summed E-state index contributed by atoms with van der Waals surface area (Å²) in [4.78, 5) is 29.8. The van der Waals surface area contributed by atoms with Gasteiger partial charge in [-0.25, -0.2) is 4.79 Å². The number of anilines is 6. The lowest BCUT2D eigenvalue weighted by Gasteiger charge is -2.38. The van der Waals surface area contributed by atoms with Crippen LogP contribution in [0.15, 0.2) is 255 Å². The smallest absolute Gasteiger partial charge is 0.343 e. The van der Waals surface area contributed by atoms with Gasteiger partial charge in [0.2, 0.25) is 0 Å². The molecule has 0 aliphatic heterocycles. The van der Waals surface area contributed by atoms with Gasteiger partial charge in [-0.05, 0) is 212 Å². The third-order valence-corrected chi connectivity index (χ3v) is 15.8. The van der Waals surface area contributed by atoms with Crippen LogP contribution in [0, 0.1) is 0 Å². The zero-order valence-corrected chi connectivity index (χ0v) is 46.0. The minimum Gasteiger partial charge on any atom is -0.497 e. The summed E-state index contributed by atoms with van der Waals surface area (Å²) in [7, 11) is 1.70. The highest BCUT2D eigenvalue weighted by atomic mass is 16.5. The molecule has 0 spiro atoms. The second kappa shape index (κ2) is 25.1. The van der Waals surface area contributed by atoms with E-state index in [0.717, 1.165) is 114 Å². The molecular formula is C74H66N2O5. The molecular weight excluding hydrogens is 997 g/mol. The van der Waals surface area contributed by atoms with E-state index in [4.69, 9.17) is 14.2 Å². The summed E-state index contributed by atoms with van der Waals surface area (Å²) < 4.78 is 17.7. The molecule has 1 aliphatic carbocycles. The molecule has 10 aromatic rings. The van der Waals surface area contributed by atoms with Gasteiger partial charge >= 0.3 is 5.97 Å². The van der Waals surface area contributed by atoms with Gasteiger partial charge in [0.15, 0.2) is 5.78 Å². The number of carbonyl (C=O) groups excluding carboxylic acids is 2. The molecule has 81 heavy (non-hydrogen) atoms. The lowest BCUT2D eigenvalue weighted by molar-refractivity contribution is 0.0734. The van der Waals surface area contributed by atoms with Crippen LogP contribution in [0.3, 0.4) is 0 Å². The molecule has 7 nitrogen and oxygen atoms in total. The highest BCUT2D eigenvalue weighted by Gasteiger charge is 2.36. The van der Waals surface area contributed by atoms with E-state index in [1.807, 2.05) is 97.1 Å². The van der Waals surface area contributed by atoms with Crippen LogP contribution in [-0.4, -0.2) is 18.9 Å². The first-order chi connectivity index (χ1) is 39.8. The van der Waals surface area contributed by atoms with E-state index in [9.17, 15) is 9.59 Å². The number of esters is 1. The van der Waals surface area contributed by atoms with Gasteiger partial charge in [0.1, 0.15) is 23.0 Å². The number of nitrogens with zero attached hydrogens (tertiary/aromatic N) is 2. The van der Waals surface area contributed by atoms with E-state index in [1.165, 1.54) is 34.2 Å². The van der Waals surface area contributed by atoms with Crippen molar-refractivity contribution in [1.82, 2.24) is 0 Å². The number of hydrogen-bond acceptors (Lipinski definition) is 7. The third kappa shape index (κ3) is 12.9. The first-order valence-corrected chi connectivity index (χ1v) is 28.2. The van der Waals surface area contributed by atoms with E-state index in [1.54, 1.807) is 14.0 Å². The van der Waals surface area contributed by atoms with Gasteiger partial charge in [0.05, 0.1) is 12.7 Å². The predicted molar refractivity (Wildman–Crippen MR) is 328 cm³/mol. The first kappa shape index (κ1) is 53.5. The van der Waals surface area contributed by atoms with Crippen LogP contribution >= 0.6 is 0 Å². The Bertz CT molecular complexity index is 3640. The molecule has 7 heteroatoms. The summed E-state index contributed by atoms with van der Waals surface area (Å²) in [6.45, 7) is 1.61. The Hall–Kier alpha value is -9.46. The van der Waals surface area contributed by atoms with Crippen LogP contribution < -0.4 is 24.0 Å². The van der Waals surface area contributed by atoms with E-state index in [0.29, 0.717) is 11.3 Å². The topological polar surface area (TPSA) is 68.3 Å². The molecule has 1 aliphatic rings. The second-order valence-electron chi connectivity index (χ2n) is 21.0. The fourth-order valence-corrected chi connectivity index (χ4v) is 11.2. The minimum absolute atomic E-state index is 0.0728. The van der Waals surface area contributed by atoms with Crippen molar-refractivity contribution in [2.75, 3.05) is 16.9 Å². The molecule has 11 rings (SSSR count). The Balaban J connectivity index is 0.704. The maximum atomic E-state index is 13.3. The highest BCUT2D eigenvalue weighted by Crippen LogP contribution is 2.46. The molecule has 0 bridgehead atoms. The van der Waals surface area contributed by atoms with Crippen molar-refractivity contribution in [3.63, 3.8) is 0 Å². The van der Waals surface area contributed by atoms with Crippen molar-refractivity contribution in [2.45, 2.75) is 70.1 Å². The fourth-order valence-electron chi connectivity index (χ4n) is 11.2. The van der Waals surface area contributed by atoms with Crippen LogP contribution in [0.4, 0.5) is 34.1 Å². The molecule has 402 valence electrons. The summed E-state index contributed by atoms with van der Waals surface area (Å²) in [5.74, 6) is 2.58. The van der Waals surface area contributed by atoms with Gasteiger partial charge in [-0.1, -0.05) is 141 Å². The maximum absolute atomic E-state index is 13.3. The zero-order chi connectivity index (χ0) is 55.4. The normalized spacial score (nSPS) is 12.7. The predicted octanol–water partition coefficient (Wildman–Crippen LogP) is 18.7. The molecule has 0 heterocycles. The summed E-state index contributed by atoms with van der Waals surface area (Å²) in [5, 5.41) is 0. The molecule has 0 radical (unpaired) electrons. The largest absolute Gasteiger partial charge is 0.497 e. The Labute approximate surface area is 476 Å². The van der Waals surface area contributed by atoms with Gasteiger partial charge in [0, 0.05) is 45.1 Å². The molecule has 0 amide bonds. The van der Waals surface area contributed by atoms with Gasteiger partial charge in [-0.15, -0.1) is 0 Å². The summed E-state index contributed by atoms with van der Waals surface area (Å²) in [5.41, 5.74) is 14.8. The Kier molecular flexibility index (Phi) is 16.6. The van der Waals surface area contributed by atoms with E-state index in [2.05, 4.69) is 168 Å². The molecule has 0 saturated heterocycles. The van der Waals surface area contributed by atoms with E-state index < -0.39 is 0 Å². The van der Waals surface area contributed by atoms with Crippen LogP contribution in [-0.2, 0) is 31.1 Å². The lowest BCUT2D eigenvalue weighted by atomic mass is 9.65. The number of rotatable bonds is 20. The zero-order valence-electron chi connectivity index (χ0n) is 46.0. The number of para-hydroxylation sites is 2. The monoisotopic (exact) mass is 1060 g/mol. The number of benzene rings is 10. The van der Waals surface area contributed by atoms with Crippen molar-refractivity contribution >= 4 is 45.9 Å². The minimum atomic E-state index is -0.380. The SMILES string of the molecule is COc1ccc(CCc2ccc(N(c3ccccc3)c3ccc(Oc4ccc(N(c5ccccc5)c5ccc(CCc6ccc(C(=O)Oc7ccc(C8(c9ccc(C(C)=O)cc9)CCCCC8)cc7)cc6)cc5)cc4)cc3)cc2)cc1. The molecule has 1 fully saturated rings. The Morgan fingerprint density at radius 1 is 0.370 bits per heavy atom. The Morgan fingerprint density at radius 3 is 1.11 bits per heavy atom. The van der Waals surface area contributed by atoms with Crippen molar-refractivity contribution in [3.05, 3.63) is 299 Å². The molecule has 10 aromatic carbocycles. The number of carbonyl (C=O) groups is 2. The number of methoxy groups -OCH3 is 1. The third-order valence-electron chi connectivity index (χ3n) is 15.8. The van der Waals surface area contributed by atoms with E-state index in [-0.39, 0.29) is 17.2 Å².